The Hall–Kier alpha value is -3.08. The van der Waals surface area contributed by atoms with Gasteiger partial charge in [0.05, 0.1) is 6.21 Å². The first kappa shape index (κ1) is 16.8. The molecule has 1 N–H and O–H groups in total. The lowest BCUT2D eigenvalue weighted by Gasteiger charge is -2.04. The molecule has 0 aliphatic rings. The second-order valence-electron chi connectivity index (χ2n) is 5.66. The van der Waals surface area contributed by atoms with Gasteiger partial charge in [0.2, 0.25) is 0 Å². The molecule has 0 bridgehead atoms. The molecular formula is C20H21N3O2. The molecule has 0 atom stereocenters. The Balaban J connectivity index is 1.67. The Morgan fingerprint density at radius 2 is 1.88 bits per heavy atom. The summed E-state index contributed by atoms with van der Waals surface area (Å²) in [6.07, 6.45) is 1.70. The summed E-state index contributed by atoms with van der Waals surface area (Å²) in [5, 5.41) is 5.22. The summed E-state index contributed by atoms with van der Waals surface area (Å²) in [7, 11) is 0. The third-order valence-electron chi connectivity index (χ3n) is 4.09. The predicted octanol–water partition coefficient (Wildman–Crippen LogP) is 3.50. The van der Waals surface area contributed by atoms with Crippen molar-refractivity contribution in [1.29, 1.82) is 0 Å². The number of para-hydroxylation sites is 2. The summed E-state index contributed by atoms with van der Waals surface area (Å²) in [5.41, 5.74) is 5.83. The van der Waals surface area contributed by atoms with Gasteiger partial charge in [-0.05, 0) is 32.0 Å². The zero-order valence-corrected chi connectivity index (χ0v) is 14.4. The van der Waals surface area contributed by atoms with E-state index in [1.165, 1.54) is 5.52 Å². The second-order valence-corrected chi connectivity index (χ2v) is 5.66. The molecule has 0 saturated carbocycles. The van der Waals surface area contributed by atoms with Crippen molar-refractivity contribution < 1.29 is 9.53 Å². The maximum Gasteiger partial charge on any atom is 0.277 e. The molecule has 1 aromatic heterocycles. The van der Waals surface area contributed by atoms with Crippen LogP contribution in [0.4, 0.5) is 0 Å². The quantitative estimate of drug-likeness (QED) is 0.554. The molecule has 0 aliphatic carbocycles. The van der Waals surface area contributed by atoms with Crippen LogP contribution in [-0.2, 0) is 11.3 Å². The number of ether oxygens (including phenoxy) is 1. The van der Waals surface area contributed by atoms with Gasteiger partial charge in [-0.3, -0.25) is 4.79 Å². The first-order chi connectivity index (χ1) is 12.2. The van der Waals surface area contributed by atoms with Gasteiger partial charge in [0.25, 0.3) is 5.91 Å². The molecule has 25 heavy (non-hydrogen) atoms. The summed E-state index contributed by atoms with van der Waals surface area (Å²) in [5.74, 6) is 0.362. The van der Waals surface area contributed by atoms with E-state index >= 15 is 0 Å². The van der Waals surface area contributed by atoms with E-state index in [0.717, 1.165) is 23.2 Å². The highest BCUT2D eigenvalue weighted by Gasteiger charge is 2.11. The number of carbonyl (C=O) groups is 1. The van der Waals surface area contributed by atoms with Gasteiger partial charge in [0.1, 0.15) is 5.75 Å². The van der Waals surface area contributed by atoms with E-state index in [1.54, 1.807) is 18.3 Å². The molecule has 5 nitrogen and oxygen atoms in total. The van der Waals surface area contributed by atoms with Crippen molar-refractivity contribution >= 4 is 23.0 Å². The fourth-order valence-corrected chi connectivity index (χ4v) is 2.89. The molecule has 3 rings (SSSR count). The lowest BCUT2D eigenvalue weighted by Crippen LogP contribution is -2.24. The molecule has 0 aliphatic heterocycles. The highest BCUT2D eigenvalue weighted by atomic mass is 16.5. The van der Waals surface area contributed by atoms with Crippen molar-refractivity contribution in [3.63, 3.8) is 0 Å². The van der Waals surface area contributed by atoms with Crippen LogP contribution in [0.5, 0.6) is 5.75 Å². The topological polar surface area (TPSA) is 55.6 Å². The maximum absolute atomic E-state index is 11.9. The van der Waals surface area contributed by atoms with Crippen LogP contribution < -0.4 is 10.2 Å². The molecule has 1 heterocycles. The van der Waals surface area contributed by atoms with Crippen molar-refractivity contribution in [2.24, 2.45) is 5.10 Å². The monoisotopic (exact) mass is 335 g/mol. The van der Waals surface area contributed by atoms with Gasteiger partial charge in [-0.2, -0.15) is 5.10 Å². The minimum absolute atomic E-state index is 0.0724. The van der Waals surface area contributed by atoms with E-state index in [-0.39, 0.29) is 12.5 Å². The molecule has 0 radical (unpaired) electrons. The molecule has 5 heteroatoms. The standard InChI is InChI=1S/C20H21N3O2/c1-3-23-15(2)18(17-11-7-8-12-19(17)23)13-21-22-20(24)14-25-16-9-5-4-6-10-16/h4-13H,3,14H2,1-2H3,(H,22,24)/b21-13-. The van der Waals surface area contributed by atoms with Crippen LogP contribution in [0.15, 0.2) is 59.7 Å². The molecule has 3 aromatic rings. The number of fused-ring (bicyclic) bond motifs is 1. The van der Waals surface area contributed by atoms with Gasteiger partial charge in [0, 0.05) is 28.7 Å². The SMILES string of the molecule is CCn1c(C)c(/C=N\NC(=O)COc2ccccc2)c2ccccc21. The minimum Gasteiger partial charge on any atom is -0.484 e. The summed E-state index contributed by atoms with van der Waals surface area (Å²) in [4.78, 5) is 11.9. The van der Waals surface area contributed by atoms with Crippen molar-refractivity contribution in [3.05, 3.63) is 65.9 Å². The number of aromatic nitrogens is 1. The third-order valence-corrected chi connectivity index (χ3v) is 4.09. The first-order valence-electron chi connectivity index (χ1n) is 8.28. The molecular weight excluding hydrogens is 314 g/mol. The lowest BCUT2D eigenvalue weighted by atomic mass is 10.1. The van der Waals surface area contributed by atoms with E-state index in [2.05, 4.69) is 41.1 Å². The summed E-state index contributed by atoms with van der Waals surface area (Å²) >= 11 is 0. The fourth-order valence-electron chi connectivity index (χ4n) is 2.89. The Kier molecular flexibility index (Phi) is 5.14. The van der Waals surface area contributed by atoms with E-state index in [9.17, 15) is 4.79 Å². The number of carbonyl (C=O) groups excluding carboxylic acids is 1. The van der Waals surface area contributed by atoms with Crippen molar-refractivity contribution in [3.8, 4) is 5.75 Å². The van der Waals surface area contributed by atoms with Crippen LogP contribution in [0.1, 0.15) is 18.2 Å². The summed E-state index contributed by atoms with van der Waals surface area (Å²) < 4.78 is 7.63. The Bertz CT molecular complexity index is 898. The molecule has 2 aromatic carbocycles. The second kappa shape index (κ2) is 7.66. The molecule has 1 amide bonds. The van der Waals surface area contributed by atoms with Crippen molar-refractivity contribution in [2.45, 2.75) is 20.4 Å². The van der Waals surface area contributed by atoms with Crippen LogP contribution in [0.2, 0.25) is 0 Å². The van der Waals surface area contributed by atoms with Crippen LogP contribution in [-0.4, -0.2) is 23.3 Å². The number of benzene rings is 2. The Labute approximate surface area is 146 Å². The number of rotatable bonds is 6. The number of hydrogen-bond acceptors (Lipinski definition) is 3. The molecule has 0 saturated heterocycles. The lowest BCUT2D eigenvalue weighted by molar-refractivity contribution is -0.123. The smallest absolute Gasteiger partial charge is 0.277 e. The minimum atomic E-state index is -0.294. The highest BCUT2D eigenvalue weighted by Crippen LogP contribution is 2.24. The summed E-state index contributed by atoms with van der Waals surface area (Å²) in [6, 6.07) is 17.4. The van der Waals surface area contributed by atoms with Crippen LogP contribution in [0.25, 0.3) is 10.9 Å². The maximum atomic E-state index is 11.9. The van der Waals surface area contributed by atoms with Gasteiger partial charge in [0.15, 0.2) is 6.61 Å². The van der Waals surface area contributed by atoms with E-state index in [4.69, 9.17) is 4.74 Å². The molecule has 128 valence electrons. The van der Waals surface area contributed by atoms with Crippen molar-refractivity contribution in [1.82, 2.24) is 9.99 Å². The number of amides is 1. The normalized spacial score (nSPS) is 11.1. The number of nitrogens with one attached hydrogen (secondary N) is 1. The van der Waals surface area contributed by atoms with Gasteiger partial charge < -0.3 is 9.30 Å². The van der Waals surface area contributed by atoms with E-state index < -0.39 is 0 Å². The van der Waals surface area contributed by atoms with Gasteiger partial charge >= 0.3 is 0 Å². The van der Waals surface area contributed by atoms with Gasteiger partial charge in [-0.25, -0.2) is 5.43 Å². The average Bonchev–Trinajstić information content (AvgIpc) is 2.92. The van der Waals surface area contributed by atoms with E-state index in [1.807, 2.05) is 30.3 Å². The van der Waals surface area contributed by atoms with Crippen LogP contribution in [0.3, 0.4) is 0 Å². The largest absolute Gasteiger partial charge is 0.484 e. The van der Waals surface area contributed by atoms with Gasteiger partial charge in [-0.15, -0.1) is 0 Å². The number of nitrogens with zero attached hydrogens (tertiary/aromatic N) is 2. The number of aryl methyl sites for hydroxylation is 1. The zero-order chi connectivity index (χ0) is 17.6. The van der Waals surface area contributed by atoms with Crippen LogP contribution >= 0.6 is 0 Å². The fraction of sp³-hybridized carbons (Fsp3) is 0.200. The first-order valence-corrected chi connectivity index (χ1v) is 8.28. The summed E-state index contributed by atoms with van der Waals surface area (Å²) in [6.45, 7) is 4.99. The molecule has 0 unspecified atom stereocenters. The molecule has 0 fully saturated rings. The van der Waals surface area contributed by atoms with Gasteiger partial charge in [-0.1, -0.05) is 36.4 Å². The van der Waals surface area contributed by atoms with Crippen molar-refractivity contribution in [2.75, 3.05) is 6.61 Å². The number of hydrazone groups is 1. The molecule has 0 spiro atoms. The zero-order valence-electron chi connectivity index (χ0n) is 14.4. The number of hydrogen-bond donors (Lipinski definition) is 1. The predicted molar refractivity (Wildman–Crippen MR) is 100 cm³/mol. The Morgan fingerprint density at radius 3 is 2.64 bits per heavy atom. The third kappa shape index (κ3) is 3.71. The highest BCUT2D eigenvalue weighted by molar-refractivity contribution is 6.01. The van der Waals surface area contributed by atoms with E-state index in [0.29, 0.717) is 5.75 Å². The Morgan fingerprint density at radius 1 is 1.16 bits per heavy atom. The van der Waals surface area contributed by atoms with Crippen LogP contribution in [0, 0.1) is 6.92 Å². The average molecular weight is 335 g/mol.